The predicted octanol–water partition coefficient (Wildman–Crippen LogP) is 3.23. The van der Waals surface area contributed by atoms with Gasteiger partial charge in [0, 0.05) is 25.0 Å². The fourth-order valence-corrected chi connectivity index (χ4v) is 4.74. The van der Waals surface area contributed by atoms with Gasteiger partial charge in [0.15, 0.2) is 0 Å². The van der Waals surface area contributed by atoms with E-state index in [0.29, 0.717) is 17.9 Å². The molecule has 1 N–H and O–H groups in total. The van der Waals surface area contributed by atoms with Crippen LogP contribution in [0.4, 0.5) is 0 Å². The minimum absolute atomic E-state index is 0. The molecule has 3 atom stereocenters. The third kappa shape index (κ3) is 3.92. The number of piperidine rings is 1. The number of carbonyl (C=O) groups excluding carboxylic acids is 1. The number of rotatable bonds is 2. The Morgan fingerprint density at radius 2 is 1.62 bits per heavy atom. The minimum atomic E-state index is 0. The molecule has 21 heavy (non-hydrogen) atoms. The highest BCUT2D eigenvalue weighted by Gasteiger charge is 2.37. The fourth-order valence-electron chi connectivity index (χ4n) is 4.74. The maximum atomic E-state index is 12.7. The number of hydrogen-bond donors (Lipinski definition) is 1. The molecule has 1 aliphatic heterocycles. The van der Waals surface area contributed by atoms with E-state index in [2.05, 4.69) is 10.2 Å². The van der Waals surface area contributed by atoms with E-state index in [4.69, 9.17) is 0 Å². The minimum Gasteiger partial charge on any atom is -0.342 e. The second kappa shape index (κ2) is 7.82. The van der Waals surface area contributed by atoms with Crippen molar-refractivity contribution in [2.24, 2.45) is 17.8 Å². The van der Waals surface area contributed by atoms with Crippen molar-refractivity contribution in [2.75, 3.05) is 20.1 Å². The number of hydrogen-bond acceptors (Lipinski definition) is 2. The van der Waals surface area contributed by atoms with E-state index in [9.17, 15) is 4.79 Å². The quantitative estimate of drug-likeness (QED) is 0.848. The summed E-state index contributed by atoms with van der Waals surface area (Å²) >= 11 is 0. The van der Waals surface area contributed by atoms with E-state index in [0.717, 1.165) is 44.2 Å². The third-order valence-electron chi connectivity index (χ3n) is 6.10. The van der Waals surface area contributed by atoms with Crippen LogP contribution in [0, 0.1) is 17.8 Å². The Kier molecular flexibility index (Phi) is 6.36. The van der Waals surface area contributed by atoms with Crippen LogP contribution in [0.3, 0.4) is 0 Å². The molecule has 1 amide bonds. The van der Waals surface area contributed by atoms with Gasteiger partial charge in [-0.3, -0.25) is 4.79 Å². The third-order valence-corrected chi connectivity index (χ3v) is 6.10. The van der Waals surface area contributed by atoms with Crippen molar-refractivity contribution in [1.29, 1.82) is 0 Å². The fraction of sp³-hybridized carbons (Fsp3) is 0.941. The first kappa shape index (κ1) is 17.1. The highest BCUT2D eigenvalue weighted by atomic mass is 35.5. The Balaban J connectivity index is 0.00000161. The van der Waals surface area contributed by atoms with Crippen molar-refractivity contribution in [3.05, 3.63) is 0 Å². The zero-order valence-corrected chi connectivity index (χ0v) is 14.2. The maximum absolute atomic E-state index is 12.7. The van der Waals surface area contributed by atoms with Crippen LogP contribution in [0.5, 0.6) is 0 Å². The predicted molar refractivity (Wildman–Crippen MR) is 88.7 cm³/mol. The maximum Gasteiger partial charge on any atom is 0.225 e. The van der Waals surface area contributed by atoms with Crippen molar-refractivity contribution >= 4 is 18.3 Å². The van der Waals surface area contributed by atoms with Gasteiger partial charge in [0.25, 0.3) is 0 Å². The van der Waals surface area contributed by atoms with Crippen LogP contribution >= 0.6 is 12.4 Å². The largest absolute Gasteiger partial charge is 0.342 e. The molecule has 0 bridgehead atoms. The lowest BCUT2D eigenvalue weighted by Crippen LogP contribution is -2.47. The van der Waals surface area contributed by atoms with Crippen LogP contribution in [0.15, 0.2) is 0 Å². The van der Waals surface area contributed by atoms with Crippen LogP contribution in [-0.4, -0.2) is 37.0 Å². The molecule has 0 aromatic heterocycles. The summed E-state index contributed by atoms with van der Waals surface area (Å²) < 4.78 is 0. The summed E-state index contributed by atoms with van der Waals surface area (Å²) in [5, 5.41) is 3.34. The van der Waals surface area contributed by atoms with Crippen LogP contribution in [0.1, 0.15) is 57.8 Å². The number of likely N-dealkylation sites (tertiary alicyclic amines) is 1. The number of amides is 1. The smallest absolute Gasteiger partial charge is 0.225 e. The second-order valence-corrected chi connectivity index (χ2v) is 7.20. The van der Waals surface area contributed by atoms with Gasteiger partial charge in [0.2, 0.25) is 5.91 Å². The van der Waals surface area contributed by atoms with Crippen LogP contribution < -0.4 is 5.32 Å². The van der Waals surface area contributed by atoms with Gasteiger partial charge in [-0.05, 0) is 51.0 Å². The van der Waals surface area contributed by atoms with Crippen molar-refractivity contribution in [3.8, 4) is 0 Å². The molecule has 3 nitrogen and oxygen atoms in total. The number of halogens is 1. The summed E-state index contributed by atoms with van der Waals surface area (Å²) in [5.41, 5.74) is 0. The first-order chi connectivity index (χ1) is 9.78. The second-order valence-electron chi connectivity index (χ2n) is 7.20. The van der Waals surface area contributed by atoms with Gasteiger partial charge < -0.3 is 10.2 Å². The van der Waals surface area contributed by atoms with E-state index >= 15 is 0 Å². The molecule has 0 aromatic carbocycles. The molecule has 3 aliphatic rings. The Hall–Kier alpha value is -0.280. The molecular weight excluding hydrogens is 284 g/mol. The number of nitrogens with one attached hydrogen (secondary N) is 1. The number of nitrogens with zero attached hydrogens (tertiary/aromatic N) is 1. The van der Waals surface area contributed by atoms with E-state index in [1.165, 1.54) is 38.5 Å². The SMILES string of the molecule is CNC1CCN(C(=O)C2CCC3CCCCC3C2)CC1.Cl. The van der Waals surface area contributed by atoms with Crippen LogP contribution in [0.25, 0.3) is 0 Å². The summed E-state index contributed by atoms with van der Waals surface area (Å²) in [6.45, 7) is 1.93. The average Bonchev–Trinajstić information content (AvgIpc) is 2.54. The molecule has 0 spiro atoms. The standard InChI is InChI=1S/C17H30N2O.ClH/c1-18-16-8-10-19(11-9-16)17(20)15-7-6-13-4-2-3-5-14(13)12-15;/h13-16,18H,2-12H2,1H3;1H. The topological polar surface area (TPSA) is 32.3 Å². The molecule has 2 saturated carbocycles. The monoisotopic (exact) mass is 314 g/mol. The van der Waals surface area contributed by atoms with E-state index < -0.39 is 0 Å². The average molecular weight is 315 g/mol. The summed E-state index contributed by atoms with van der Waals surface area (Å²) in [5.74, 6) is 2.63. The van der Waals surface area contributed by atoms with E-state index in [1.807, 2.05) is 7.05 Å². The first-order valence-electron chi connectivity index (χ1n) is 8.74. The molecule has 122 valence electrons. The lowest BCUT2D eigenvalue weighted by molar-refractivity contribution is -0.139. The highest BCUT2D eigenvalue weighted by Crippen LogP contribution is 2.43. The van der Waals surface area contributed by atoms with E-state index in [-0.39, 0.29) is 12.4 Å². The Labute approximate surface area is 135 Å². The lowest BCUT2D eigenvalue weighted by atomic mass is 9.67. The molecule has 1 heterocycles. The van der Waals surface area contributed by atoms with Crippen molar-refractivity contribution in [3.63, 3.8) is 0 Å². The Morgan fingerprint density at radius 1 is 0.952 bits per heavy atom. The molecule has 2 aliphatic carbocycles. The summed E-state index contributed by atoms with van der Waals surface area (Å²) in [4.78, 5) is 14.9. The van der Waals surface area contributed by atoms with Gasteiger partial charge in [0.1, 0.15) is 0 Å². The molecular formula is C17H31ClN2O. The summed E-state index contributed by atoms with van der Waals surface area (Å²) in [6.07, 6.45) is 11.6. The van der Waals surface area contributed by atoms with Gasteiger partial charge in [-0.2, -0.15) is 0 Å². The highest BCUT2D eigenvalue weighted by molar-refractivity contribution is 5.85. The first-order valence-corrected chi connectivity index (χ1v) is 8.74. The zero-order valence-electron chi connectivity index (χ0n) is 13.4. The lowest BCUT2D eigenvalue weighted by Gasteiger charge is -2.41. The van der Waals surface area contributed by atoms with Crippen molar-refractivity contribution in [2.45, 2.75) is 63.8 Å². The molecule has 0 aromatic rings. The number of fused-ring (bicyclic) bond motifs is 1. The molecule has 4 heteroatoms. The molecule has 3 unspecified atom stereocenters. The van der Waals surface area contributed by atoms with Crippen molar-refractivity contribution in [1.82, 2.24) is 10.2 Å². The molecule has 1 saturated heterocycles. The zero-order chi connectivity index (χ0) is 13.9. The summed E-state index contributed by atoms with van der Waals surface area (Å²) in [6, 6.07) is 0.619. The van der Waals surface area contributed by atoms with E-state index in [1.54, 1.807) is 0 Å². The molecule has 0 radical (unpaired) electrons. The van der Waals surface area contributed by atoms with Crippen LogP contribution in [0.2, 0.25) is 0 Å². The molecule has 3 rings (SSSR count). The van der Waals surface area contributed by atoms with Crippen molar-refractivity contribution < 1.29 is 4.79 Å². The summed E-state index contributed by atoms with van der Waals surface area (Å²) in [7, 11) is 2.03. The van der Waals surface area contributed by atoms with Gasteiger partial charge in [-0.15, -0.1) is 12.4 Å². The van der Waals surface area contributed by atoms with Gasteiger partial charge >= 0.3 is 0 Å². The van der Waals surface area contributed by atoms with Gasteiger partial charge in [0.05, 0.1) is 0 Å². The Bertz CT molecular complexity index is 342. The van der Waals surface area contributed by atoms with Crippen LogP contribution in [-0.2, 0) is 4.79 Å². The number of carbonyl (C=O) groups is 1. The molecule has 3 fully saturated rings. The van der Waals surface area contributed by atoms with Gasteiger partial charge in [-0.25, -0.2) is 0 Å². The van der Waals surface area contributed by atoms with Gasteiger partial charge in [-0.1, -0.05) is 25.7 Å². The normalized spacial score (nSPS) is 34.0. The Morgan fingerprint density at radius 3 is 2.29 bits per heavy atom.